The van der Waals surface area contributed by atoms with E-state index in [1.807, 2.05) is 31.2 Å². The Morgan fingerprint density at radius 3 is 2.53 bits per heavy atom. The molecule has 0 aliphatic rings. The van der Waals surface area contributed by atoms with Crippen molar-refractivity contribution >= 4 is 5.91 Å². The average molecular weight is 237 g/mol. The van der Waals surface area contributed by atoms with Crippen LogP contribution in [0.1, 0.15) is 15.9 Å². The fourth-order valence-electron chi connectivity index (χ4n) is 1.29. The van der Waals surface area contributed by atoms with Gasteiger partial charge in [0.25, 0.3) is 5.91 Å². The smallest absolute Gasteiger partial charge is 0.251 e. The Balaban J connectivity index is 2.19. The molecule has 0 aromatic heterocycles. The third-order valence-electron chi connectivity index (χ3n) is 2.28. The number of amides is 1. The van der Waals surface area contributed by atoms with Gasteiger partial charge in [-0.2, -0.15) is 0 Å². The highest BCUT2D eigenvalue weighted by molar-refractivity contribution is 5.94. The summed E-state index contributed by atoms with van der Waals surface area (Å²) in [5.41, 5.74) is 1.82. The van der Waals surface area contributed by atoms with Crippen LogP contribution < -0.4 is 5.32 Å². The van der Waals surface area contributed by atoms with E-state index in [1.165, 1.54) is 0 Å². The van der Waals surface area contributed by atoms with Gasteiger partial charge in [0.05, 0.1) is 19.8 Å². The van der Waals surface area contributed by atoms with Gasteiger partial charge in [0, 0.05) is 19.2 Å². The molecule has 4 heteroatoms. The first-order valence-electron chi connectivity index (χ1n) is 5.65. The molecular formula is C13H19NO3. The molecule has 0 spiro atoms. The molecule has 1 aromatic carbocycles. The minimum absolute atomic E-state index is 0.0691. The zero-order valence-corrected chi connectivity index (χ0v) is 10.4. The standard InChI is InChI=1S/C13H19NO3/c1-11-3-5-12(6-4-11)13(15)14-7-8-17-10-9-16-2/h3-6H,7-10H2,1-2H3,(H,14,15). The SMILES string of the molecule is COCCOCCNC(=O)c1ccc(C)cc1. The monoisotopic (exact) mass is 237 g/mol. The van der Waals surface area contributed by atoms with Gasteiger partial charge < -0.3 is 14.8 Å². The highest BCUT2D eigenvalue weighted by Crippen LogP contribution is 2.02. The quantitative estimate of drug-likeness (QED) is 0.729. The van der Waals surface area contributed by atoms with Crippen LogP contribution in [0.15, 0.2) is 24.3 Å². The minimum atomic E-state index is -0.0691. The van der Waals surface area contributed by atoms with E-state index in [-0.39, 0.29) is 5.91 Å². The lowest BCUT2D eigenvalue weighted by molar-refractivity contribution is 0.0692. The van der Waals surface area contributed by atoms with E-state index in [2.05, 4.69) is 5.32 Å². The molecule has 4 nitrogen and oxygen atoms in total. The van der Waals surface area contributed by atoms with Crippen LogP contribution in [0.5, 0.6) is 0 Å². The Kier molecular flexibility index (Phi) is 6.29. The second kappa shape index (κ2) is 7.81. The second-order valence-corrected chi connectivity index (χ2v) is 3.73. The van der Waals surface area contributed by atoms with Crippen LogP contribution in [0.2, 0.25) is 0 Å². The Labute approximate surface area is 102 Å². The molecule has 0 radical (unpaired) electrons. The van der Waals surface area contributed by atoms with Gasteiger partial charge in [-0.1, -0.05) is 17.7 Å². The van der Waals surface area contributed by atoms with Crippen molar-refractivity contribution in [1.82, 2.24) is 5.32 Å². The highest BCUT2D eigenvalue weighted by atomic mass is 16.5. The van der Waals surface area contributed by atoms with Gasteiger partial charge in [-0.15, -0.1) is 0 Å². The van der Waals surface area contributed by atoms with Gasteiger partial charge >= 0.3 is 0 Å². The minimum Gasteiger partial charge on any atom is -0.382 e. The number of rotatable bonds is 7. The second-order valence-electron chi connectivity index (χ2n) is 3.73. The number of hydrogen-bond acceptors (Lipinski definition) is 3. The van der Waals surface area contributed by atoms with Gasteiger partial charge in [-0.3, -0.25) is 4.79 Å². The lowest BCUT2D eigenvalue weighted by Gasteiger charge is -2.06. The van der Waals surface area contributed by atoms with E-state index in [9.17, 15) is 4.79 Å². The maximum Gasteiger partial charge on any atom is 0.251 e. The molecular weight excluding hydrogens is 218 g/mol. The summed E-state index contributed by atoms with van der Waals surface area (Å²) >= 11 is 0. The first-order valence-corrected chi connectivity index (χ1v) is 5.65. The number of carbonyl (C=O) groups is 1. The van der Waals surface area contributed by atoms with Crippen LogP contribution >= 0.6 is 0 Å². The van der Waals surface area contributed by atoms with E-state index in [0.717, 1.165) is 5.56 Å². The summed E-state index contributed by atoms with van der Waals surface area (Å²) in [7, 11) is 1.63. The van der Waals surface area contributed by atoms with Crippen molar-refractivity contribution in [2.45, 2.75) is 6.92 Å². The molecule has 0 atom stereocenters. The third kappa shape index (κ3) is 5.47. The van der Waals surface area contributed by atoms with E-state index in [4.69, 9.17) is 9.47 Å². The van der Waals surface area contributed by atoms with Crippen molar-refractivity contribution in [3.63, 3.8) is 0 Å². The maximum atomic E-state index is 11.7. The Bertz CT molecular complexity index is 335. The lowest BCUT2D eigenvalue weighted by Crippen LogP contribution is -2.27. The van der Waals surface area contributed by atoms with Crippen LogP contribution in [0.4, 0.5) is 0 Å². The predicted molar refractivity (Wildman–Crippen MR) is 66.2 cm³/mol. The third-order valence-corrected chi connectivity index (χ3v) is 2.28. The largest absolute Gasteiger partial charge is 0.382 e. The molecule has 94 valence electrons. The predicted octanol–water partition coefficient (Wildman–Crippen LogP) is 1.39. The Morgan fingerprint density at radius 1 is 1.18 bits per heavy atom. The van der Waals surface area contributed by atoms with Gasteiger partial charge in [-0.05, 0) is 19.1 Å². The normalized spacial score (nSPS) is 10.2. The summed E-state index contributed by atoms with van der Waals surface area (Å²) in [6.07, 6.45) is 0. The number of ether oxygens (including phenoxy) is 2. The lowest BCUT2D eigenvalue weighted by atomic mass is 10.1. The van der Waals surface area contributed by atoms with E-state index < -0.39 is 0 Å². The first-order chi connectivity index (χ1) is 8.24. The van der Waals surface area contributed by atoms with Gasteiger partial charge in [0.15, 0.2) is 0 Å². The molecule has 0 aliphatic carbocycles. The van der Waals surface area contributed by atoms with Crippen molar-refractivity contribution in [2.24, 2.45) is 0 Å². The van der Waals surface area contributed by atoms with Crippen LogP contribution in [-0.2, 0) is 9.47 Å². The number of benzene rings is 1. The van der Waals surface area contributed by atoms with Crippen molar-refractivity contribution < 1.29 is 14.3 Å². The molecule has 0 heterocycles. The summed E-state index contributed by atoms with van der Waals surface area (Å²) in [5, 5.41) is 2.79. The van der Waals surface area contributed by atoms with E-state index in [1.54, 1.807) is 7.11 Å². The van der Waals surface area contributed by atoms with Crippen molar-refractivity contribution in [2.75, 3.05) is 33.5 Å². The topological polar surface area (TPSA) is 47.6 Å². The first kappa shape index (κ1) is 13.7. The number of carbonyl (C=O) groups excluding carboxylic acids is 1. The van der Waals surface area contributed by atoms with Gasteiger partial charge in [0.2, 0.25) is 0 Å². The molecule has 1 amide bonds. The average Bonchev–Trinajstić information content (AvgIpc) is 2.34. The molecule has 0 aliphatic heterocycles. The van der Waals surface area contributed by atoms with Crippen LogP contribution in [0, 0.1) is 6.92 Å². The Morgan fingerprint density at radius 2 is 1.88 bits per heavy atom. The van der Waals surface area contributed by atoms with Crippen molar-refractivity contribution in [3.05, 3.63) is 35.4 Å². The fourth-order valence-corrected chi connectivity index (χ4v) is 1.29. The van der Waals surface area contributed by atoms with Crippen molar-refractivity contribution in [3.8, 4) is 0 Å². The Hall–Kier alpha value is -1.39. The molecule has 1 rings (SSSR count). The molecule has 1 N–H and O–H groups in total. The van der Waals surface area contributed by atoms with Crippen LogP contribution in [0.3, 0.4) is 0 Å². The molecule has 1 aromatic rings. The molecule has 0 unspecified atom stereocenters. The number of nitrogens with one attached hydrogen (secondary N) is 1. The molecule has 0 fully saturated rings. The summed E-state index contributed by atoms with van der Waals surface area (Å²) in [5.74, 6) is -0.0691. The van der Waals surface area contributed by atoms with Crippen LogP contribution in [0.25, 0.3) is 0 Å². The number of aryl methyl sites for hydroxylation is 1. The summed E-state index contributed by atoms with van der Waals surface area (Å²) < 4.78 is 10.1. The van der Waals surface area contributed by atoms with Crippen molar-refractivity contribution in [1.29, 1.82) is 0 Å². The number of hydrogen-bond donors (Lipinski definition) is 1. The summed E-state index contributed by atoms with van der Waals surface area (Å²) in [6.45, 7) is 4.13. The summed E-state index contributed by atoms with van der Waals surface area (Å²) in [4.78, 5) is 11.7. The van der Waals surface area contributed by atoms with E-state index >= 15 is 0 Å². The van der Waals surface area contributed by atoms with Gasteiger partial charge in [0.1, 0.15) is 0 Å². The summed E-state index contributed by atoms with van der Waals surface area (Å²) in [6, 6.07) is 7.47. The van der Waals surface area contributed by atoms with E-state index in [0.29, 0.717) is 31.9 Å². The molecule has 0 saturated carbocycles. The number of methoxy groups -OCH3 is 1. The molecule has 17 heavy (non-hydrogen) atoms. The molecule has 0 bridgehead atoms. The zero-order valence-electron chi connectivity index (χ0n) is 10.4. The zero-order chi connectivity index (χ0) is 12.5. The highest BCUT2D eigenvalue weighted by Gasteiger charge is 2.03. The van der Waals surface area contributed by atoms with Gasteiger partial charge in [-0.25, -0.2) is 0 Å². The molecule has 0 saturated heterocycles. The van der Waals surface area contributed by atoms with Crippen LogP contribution in [-0.4, -0.2) is 39.4 Å². The maximum absolute atomic E-state index is 11.7. The fraction of sp³-hybridized carbons (Fsp3) is 0.462.